The second-order valence-electron chi connectivity index (χ2n) is 7.73. The van der Waals surface area contributed by atoms with Gasteiger partial charge in [0.05, 0.1) is 11.7 Å². The van der Waals surface area contributed by atoms with Crippen molar-refractivity contribution in [3.05, 3.63) is 44.7 Å². The number of carbonyl (C=O) groups excluding carboxylic acids is 2. The van der Waals surface area contributed by atoms with E-state index in [1.807, 2.05) is 6.07 Å². The van der Waals surface area contributed by atoms with Crippen molar-refractivity contribution in [2.75, 3.05) is 19.4 Å². The second-order valence-corrected chi connectivity index (χ2v) is 10.5. The Labute approximate surface area is 218 Å². The molecule has 1 saturated heterocycles. The van der Waals surface area contributed by atoms with Gasteiger partial charge in [0.2, 0.25) is 0 Å². The Bertz CT molecular complexity index is 1280. The topological polar surface area (TPSA) is 186 Å². The maximum absolute atomic E-state index is 13.0. The van der Waals surface area contributed by atoms with Gasteiger partial charge in [0.15, 0.2) is 10.8 Å². The number of halogens is 1. The van der Waals surface area contributed by atoms with Crippen LogP contribution in [0.4, 0.5) is 5.13 Å². The van der Waals surface area contributed by atoms with E-state index in [-0.39, 0.29) is 26.6 Å². The average molecular weight is 552 g/mol. The predicted octanol–water partition coefficient (Wildman–Crippen LogP) is 1.20. The number of anilines is 1. The number of thioether (sulfide) groups is 1. The molecule has 0 unspecified atom stereocenters. The van der Waals surface area contributed by atoms with E-state index in [1.54, 1.807) is 12.3 Å². The summed E-state index contributed by atoms with van der Waals surface area (Å²) in [6.45, 7) is 0.399. The Kier molecular flexibility index (Phi) is 7.78. The van der Waals surface area contributed by atoms with Crippen molar-refractivity contribution in [2.45, 2.75) is 36.2 Å². The minimum atomic E-state index is -1.23. The van der Waals surface area contributed by atoms with Gasteiger partial charge >= 0.3 is 5.97 Å². The van der Waals surface area contributed by atoms with Gasteiger partial charge in [-0.1, -0.05) is 39.9 Å². The first-order chi connectivity index (χ1) is 17.3. The zero-order chi connectivity index (χ0) is 26.0. The SMILES string of the molecule is CON=C(C(=O)N[C@@H]1C(=O)N2C(C(=O)O)=C(Sc3cccnc3CCN)CC[C@H]12)c1nc(N)sc1Cl. The van der Waals surface area contributed by atoms with Gasteiger partial charge in [-0.3, -0.25) is 19.5 Å². The molecule has 2 aliphatic heterocycles. The summed E-state index contributed by atoms with van der Waals surface area (Å²) in [7, 11) is 1.25. The fourth-order valence-corrected chi connectivity index (χ4v) is 6.17. The fraction of sp³-hybridized carbons (Fsp3) is 0.333. The van der Waals surface area contributed by atoms with Gasteiger partial charge < -0.3 is 26.7 Å². The summed E-state index contributed by atoms with van der Waals surface area (Å²) >= 11 is 8.34. The number of nitrogens with one attached hydrogen (secondary N) is 1. The van der Waals surface area contributed by atoms with Crippen LogP contribution in [0.3, 0.4) is 0 Å². The maximum atomic E-state index is 13.0. The lowest BCUT2D eigenvalue weighted by molar-refractivity contribution is -0.155. The lowest BCUT2D eigenvalue weighted by Gasteiger charge is -2.50. The molecule has 4 heterocycles. The number of hydrogen-bond acceptors (Lipinski definition) is 11. The zero-order valence-corrected chi connectivity index (χ0v) is 21.3. The number of β-lactam (4-membered cyclic amide) rings is 1. The number of nitrogens with two attached hydrogens (primary N) is 2. The first-order valence-electron chi connectivity index (χ1n) is 10.7. The number of amides is 2. The number of fused-ring (bicyclic) bond motifs is 1. The van der Waals surface area contributed by atoms with E-state index in [1.165, 1.54) is 23.8 Å². The predicted molar refractivity (Wildman–Crippen MR) is 134 cm³/mol. The number of oxime groups is 1. The molecule has 0 bridgehead atoms. The standard InChI is InChI=1S/C21H22ClN7O5S2/c1-34-28-15(14-17(22)36-21(24)27-14)18(30)26-13-10-4-5-12(16(20(32)33)29(10)19(13)31)35-11-3-2-8-25-9(11)6-7-23/h2-3,8,10,13H,4-7,23H2,1H3,(H2,24,27)(H,26,30)(H,32,33)/t10-,13+/m1/s1. The highest BCUT2D eigenvalue weighted by atomic mass is 35.5. The molecule has 0 saturated carbocycles. The Morgan fingerprint density at radius 1 is 1.47 bits per heavy atom. The zero-order valence-electron chi connectivity index (χ0n) is 18.9. The highest BCUT2D eigenvalue weighted by Gasteiger charge is 2.54. The molecule has 2 aliphatic rings. The van der Waals surface area contributed by atoms with Crippen LogP contribution in [-0.4, -0.2) is 69.2 Å². The van der Waals surface area contributed by atoms with E-state index in [9.17, 15) is 19.5 Å². The largest absolute Gasteiger partial charge is 0.477 e. The number of thiazole rings is 1. The number of hydrogen-bond donors (Lipinski definition) is 4. The number of aromatic nitrogens is 2. The third-order valence-electron chi connectivity index (χ3n) is 5.57. The molecule has 36 heavy (non-hydrogen) atoms. The van der Waals surface area contributed by atoms with Crippen molar-refractivity contribution in [3.63, 3.8) is 0 Å². The van der Waals surface area contributed by atoms with Gasteiger partial charge in [0.25, 0.3) is 11.8 Å². The van der Waals surface area contributed by atoms with Crippen LogP contribution in [0.15, 0.2) is 39.0 Å². The van der Waals surface area contributed by atoms with Crippen LogP contribution < -0.4 is 16.8 Å². The van der Waals surface area contributed by atoms with E-state index < -0.39 is 29.9 Å². The smallest absolute Gasteiger partial charge is 0.353 e. The van der Waals surface area contributed by atoms with Crippen molar-refractivity contribution >= 4 is 63.3 Å². The normalized spacial score (nSPS) is 19.6. The van der Waals surface area contributed by atoms with Crippen molar-refractivity contribution in [2.24, 2.45) is 10.9 Å². The van der Waals surface area contributed by atoms with Gasteiger partial charge in [-0.05, 0) is 31.5 Å². The van der Waals surface area contributed by atoms with Gasteiger partial charge in [-0.25, -0.2) is 9.78 Å². The van der Waals surface area contributed by atoms with Crippen LogP contribution in [0.5, 0.6) is 0 Å². The van der Waals surface area contributed by atoms with E-state index in [0.29, 0.717) is 30.7 Å². The molecular formula is C21H22ClN7O5S2. The molecule has 0 aromatic carbocycles. The van der Waals surface area contributed by atoms with Crippen molar-refractivity contribution in [3.8, 4) is 0 Å². The third kappa shape index (κ3) is 4.89. The van der Waals surface area contributed by atoms with E-state index in [2.05, 4.69) is 20.4 Å². The van der Waals surface area contributed by atoms with Crippen LogP contribution in [0.25, 0.3) is 0 Å². The molecule has 15 heteroatoms. The molecular weight excluding hydrogens is 530 g/mol. The number of nitrogens with zero attached hydrogens (tertiary/aromatic N) is 4. The monoisotopic (exact) mass is 551 g/mol. The molecule has 2 atom stereocenters. The van der Waals surface area contributed by atoms with E-state index in [0.717, 1.165) is 21.9 Å². The Morgan fingerprint density at radius 3 is 2.89 bits per heavy atom. The number of rotatable bonds is 9. The molecule has 2 aromatic heterocycles. The summed E-state index contributed by atoms with van der Waals surface area (Å²) in [6, 6.07) is 2.13. The van der Waals surface area contributed by atoms with E-state index >= 15 is 0 Å². The first kappa shape index (κ1) is 25.9. The molecule has 2 aromatic rings. The van der Waals surface area contributed by atoms with Gasteiger partial charge in [0.1, 0.15) is 28.9 Å². The van der Waals surface area contributed by atoms with E-state index in [4.69, 9.17) is 27.9 Å². The number of aliphatic carboxylic acids is 1. The van der Waals surface area contributed by atoms with Crippen LogP contribution in [0.1, 0.15) is 24.2 Å². The lowest BCUT2D eigenvalue weighted by Crippen LogP contribution is -2.72. The summed E-state index contributed by atoms with van der Waals surface area (Å²) < 4.78 is 0.139. The minimum Gasteiger partial charge on any atom is -0.477 e. The summed E-state index contributed by atoms with van der Waals surface area (Å²) in [5, 5.41) is 16.4. The Hall–Kier alpha value is -3.20. The van der Waals surface area contributed by atoms with Gasteiger partial charge in [-0.15, -0.1) is 0 Å². The maximum Gasteiger partial charge on any atom is 0.353 e. The van der Waals surface area contributed by atoms with Gasteiger partial charge in [-0.2, -0.15) is 0 Å². The lowest BCUT2D eigenvalue weighted by atomic mass is 9.86. The van der Waals surface area contributed by atoms with Crippen LogP contribution >= 0.6 is 34.7 Å². The number of allylic oxidation sites excluding steroid dienone is 1. The molecule has 190 valence electrons. The Morgan fingerprint density at radius 2 is 2.25 bits per heavy atom. The molecule has 6 N–H and O–H groups in total. The number of pyridine rings is 1. The molecule has 0 radical (unpaired) electrons. The molecule has 12 nitrogen and oxygen atoms in total. The second kappa shape index (κ2) is 10.8. The molecule has 4 rings (SSSR count). The quantitative estimate of drug-likeness (QED) is 0.200. The fourth-order valence-electron chi connectivity index (χ4n) is 4.06. The summed E-state index contributed by atoms with van der Waals surface area (Å²) in [4.78, 5) is 53.8. The van der Waals surface area contributed by atoms with Crippen LogP contribution in [0.2, 0.25) is 4.34 Å². The Balaban J connectivity index is 1.56. The average Bonchev–Trinajstić information content (AvgIpc) is 3.18. The first-order valence-corrected chi connectivity index (χ1v) is 12.7. The number of carbonyl (C=O) groups is 3. The van der Waals surface area contributed by atoms with Crippen molar-refractivity contribution in [1.29, 1.82) is 0 Å². The van der Waals surface area contributed by atoms with Crippen LogP contribution in [0, 0.1) is 0 Å². The van der Waals surface area contributed by atoms with Gasteiger partial charge in [0, 0.05) is 22.4 Å². The number of carboxylic acid groups (broad SMARTS) is 1. The summed E-state index contributed by atoms with van der Waals surface area (Å²) in [5.74, 6) is -2.52. The molecule has 2 amide bonds. The molecule has 0 aliphatic carbocycles. The third-order valence-corrected chi connectivity index (χ3v) is 7.89. The molecule has 1 fully saturated rings. The highest BCUT2D eigenvalue weighted by molar-refractivity contribution is 8.03. The summed E-state index contributed by atoms with van der Waals surface area (Å²) in [5.41, 5.74) is 11.8. The van der Waals surface area contributed by atoms with Crippen molar-refractivity contribution in [1.82, 2.24) is 20.2 Å². The summed E-state index contributed by atoms with van der Waals surface area (Å²) in [6.07, 6.45) is 3.04. The van der Waals surface area contributed by atoms with Crippen molar-refractivity contribution < 1.29 is 24.3 Å². The molecule has 0 spiro atoms. The highest BCUT2D eigenvalue weighted by Crippen LogP contribution is 2.43. The number of carboxylic acids is 1. The van der Waals surface area contributed by atoms with Crippen LogP contribution in [-0.2, 0) is 25.6 Å². The number of nitrogen functional groups attached to an aromatic ring is 1. The minimum absolute atomic E-state index is 0.0281.